The van der Waals surface area contributed by atoms with Gasteiger partial charge in [0.25, 0.3) is 0 Å². The minimum atomic E-state index is 0. The molecule has 13 heavy (non-hydrogen) atoms. The zero-order valence-electron chi connectivity index (χ0n) is 7.53. The van der Waals surface area contributed by atoms with Gasteiger partial charge in [-0.2, -0.15) is 0 Å². The molecule has 1 N–H and O–H groups in total. The molecular weight excluding hydrogens is 188 g/mol. The molecule has 1 saturated heterocycles. The molecular formula is C9H15ClN2O. The summed E-state index contributed by atoms with van der Waals surface area (Å²) in [4.78, 5) is 13.4. The van der Waals surface area contributed by atoms with Gasteiger partial charge in [0.1, 0.15) is 0 Å². The second kappa shape index (κ2) is 4.63. The van der Waals surface area contributed by atoms with E-state index in [1.54, 1.807) is 0 Å². The van der Waals surface area contributed by atoms with Gasteiger partial charge in [0.05, 0.1) is 6.54 Å². The Morgan fingerprint density at radius 1 is 1.38 bits per heavy atom. The molecule has 0 saturated carbocycles. The van der Waals surface area contributed by atoms with Crippen LogP contribution in [0.2, 0.25) is 0 Å². The van der Waals surface area contributed by atoms with Crippen LogP contribution < -0.4 is 5.32 Å². The molecule has 74 valence electrons. The predicted molar refractivity (Wildman–Crippen MR) is 54.0 cm³/mol. The molecule has 0 aromatic rings. The minimum Gasteiger partial charge on any atom is -0.337 e. The molecule has 0 radical (unpaired) electrons. The zero-order valence-corrected chi connectivity index (χ0v) is 8.35. The van der Waals surface area contributed by atoms with E-state index in [4.69, 9.17) is 0 Å². The Morgan fingerprint density at radius 3 is 2.69 bits per heavy atom. The Labute approximate surface area is 84.6 Å². The van der Waals surface area contributed by atoms with E-state index < -0.39 is 0 Å². The Morgan fingerprint density at radius 2 is 2.08 bits per heavy atom. The van der Waals surface area contributed by atoms with Gasteiger partial charge in [-0.25, -0.2) is 0 Å². The van der Waals surface area contributed by atoms with Gasteiger partial charge in [-0.05, 0) is 12.8 Å². The monoisotopic (exact) mass is 202 g/mol. The van der Waals surface area contributed by atoms with Crippen molar-refractivity contribution in [3.05, 3.63) is 12.2 Å². The van der Waals surface area contributed by atoms with Crippen LogP contribution in [0.15, 0.2) is 12.2 Å². The van der Waals surface area contributed by atoms with Gasteiger partial charge in [0, 0.05) is 19.1 Å². The number of hydrogen-bond donors (Lipinski definition) is 1. The molecule has 0 atom stereocenters. The molecule has 1 amide bonds. The van der Waals surface area contributed by atoms with E-state index in [2.05, 4.69) is 17.5 Å². The van der Waals surface area contributed by atoms with Crippen molar-refractivity contribution in [1.29, 1.82) is 0 Å². The Bertz CT molecular complexity index is 210. The van der Waals surface area contributed by atoms with Crippen molar-refractivity contribution in [1.82, 2.24) is 10.2 Å². The van der Waals surface area contributed by atoms with Crippen LogP contribution >= 0.6 is 12.4 Å². The number of carbonyl (C=O) groups is 1. The Kier molecular flexibility index (Phi) is 3.75. The van der Waals surface area contributed by atoms with Crippen molar-refractivity contribution in [3.8, 4) is 0 Å². The minimum absolute atomic E-state index is 0. The van der Waals surface area contributed by atoms with Gasteiger partial charge < -0.3 is 10.2 Å². The lowest BCUT2D eigenvalue weighted by Gasteiger charge is -2.32. The third-order valence-corrected chi connectivity index (χ3v) is 2.55. The molecule has 1 fully saturated rings. The molecule has 0 aromatic carbocycles. The maximum Gasteiger partial charge on any atom is 0.236 e. The summed E-state index contributed by atoms with van der Waals surface area (Å²) in [7, 11) is 0. The fourth-order valence-electron chi connectivity index (χ4n) is 1.86. The first kappa shape index (κ1) is 10.5. The van der Waals surface area contributed by atoms with Crippen molar-refractivity contribution in [2.24, 2.45) is 0 Å². The Hall–Kier alpha value is -0.540. The number of piperazine rings is 1. The lowest BCUT2D eigenvalue weighted by atomic mass is 10.2. The van der Waals surface area contributed by atoms with E-state index in [0.29, 0.717) is 12.6 Å². The van der Waals surface area contributed by atoms with Crippen molar-refractivity contribution in [2.75, 3.05) is 19.6 Å². The van der Waals surface area contributed by atoms with E-state index in [-0.39, 0.29) is 18.3 Å². The number of nitrogens with one attached hydrogen (secondary N) is 1. The average Bonchev–Trinajstić information content (AvgIpc) is 2.57. The van der Waals surface area contributed by atoms with Gasteiger partial charge >= 0.3 is 0 Å². The van der Waals surface area contributed by atoms with Crippen LogP contribution in [-0.4, -0.2) is 36.5 Å². The molecule has 3 nitrogen and oxygen atoms in total. The highest BCUT2D eigenvalue weighted by atomic mass is 35.5. The van der Waals surface area contributed by atoms with E-state index in [1.807, 2.05) is 4.90 Å². The van der Waals surface area contributed by atoms with Crippen LogP contribution in [0, 0.1) is 0 Å². The second-order valence-electron chi connectivity index (χ2n) is 3.36. The summed E-state index contributed by atoms with van der Waals surface area (Å²) in [6.07, 6.45) is 6.43. The van der Waals surface area contributed by atoms with Crippen LogP contribution in [0.4, 0.5) is 0 Å². The molecule has 2 aliphatic rings. The zero-order chi connectivity index (χ0) is 8.39. The van der Waals surface area contributed by atoms with Gasteiger partial charge in [-0.1, -0.05) is 12.2 Å². The summed E-state index contributed by atoms with van der Waals surface area (Å²) < 4.78 is 0. The highest BCUT2D eigenvalue weighted by Gasteiger charge is 2.25. The molecule has 0 bridgehead atoms. The molecule has 1 heterocycles. The quantitative estimate of drug-likeness (QED) is 0.631. The fourth-order valence-corrected chi connectivity index (χ4v) is 1.86. The maximum atomic E-state index is 11.4. The summed E-state index contributed by atoms with van der Waals surface area (Å²) in [6.45, 7) is 2.35. The summed E-state index contributed by atoms with van der Waals surface area (Å²) >= 11 is 0. The van der Waals surface area contributed by atoms with Gasteiger partial charge in [-0.15, -0.1) is 12.4 Å². The smallest absolute Gasteiger partial charge is 0.236 e. The molecule has 0 unspecified atom stereocenters. The molecule has 0 spiro atoms. The predicted octanol–water partition coefficient (Wildman–Crippen LogP) is 0.559. The number of rotatable bonds is 1. The average molecular weight is 203 g/mol. The van der Waals surface area contributed by atoms with Crippen molar-refractivity contribution in [3.63, 3.8) is 0 Å². The number of hydrogen-bond acceptors (Lipinski definition) is 2. The van der Waals surface area contributed by atoms with Crippen LogP contribution in [0.25, 0.3) is 0 Å². The molecule has 1 aliphatic carbocycles. The molecule has 0 aromatic heterocycles. The van der Waals surface area contributed by atoms with Gasteiger partial charge in [0.15, 0.2) is 0 Å². The SMILES string of the molecule is Cl.O=C1CNCCN1C1CC=CC1. The van der Waals surface area contributed by atoms with Crippen LogP contribution in [-0.2, 0) is 4.79 Å². The first-order chi connectivity index (χ1) is 5.88. The standard InChI is InChI=1S/C9H14N2O.ClH/c12-9-7-10-5-6-11(9)8-3-1-2-4-8;/h1-2,8,10H,3-7H2;1H. The second-order valence-corrected chi connectivity index (χ2v) is 3.36. The highest BCUT2D eigenvalue weighted by Crippen LogP contribution is 2.17. The summed E-state index contributed by atoms with van der Waals surface area (Å²) in [6, 6.07) is 0.458. The molecule has 2 rings (SSSR count). The molecule has 1 aliphatic heterocycles. The lowest BCUT2D eigenvalue weighted by Crippen LogP contribution is -2.51. The van der Waals surface area contributed by atoms with E-state index in [1.165, 1.54) is 0 Å². The maximum absolute atomic E-state index is 11.4. The first-order valence-electron chi connectivity index (χ1n) is 4.53. The third-order valence-electron chi connectivity index (χ3n) is 2.55. The highest BCUT2D eigenvalue weighted by molar-refractivity contribution is 5.85. The summed E-state index contributed by atoms with van der Waals surface area (Å²) in [5.74, 6) is 0.259. The fraction of sp³-hybridized carbons (Fsp3) is 0.667. The van der Waals surface area contributed by atoms with Crippen LogP contribution in [0.3, 0.4) is 0 Å². The Balaban J connectivity index is 0.000000845. The van der Waals surface area contributed by atoms with E-state index >= 15 is 0 Å². The third kappa shape index (κ3) is 2.23. The van der Waals surface area contributed by atoms with Crippen LogP contribution in [0.1, 0.15) is 12.8 Å². The van der Waals surface area contributed by atoms with Gasteiger partial charge in [0.2, 0.25) is 5.91 Å². The number of nitrogens with zero attached hydrogens (tertiary/aromatic N) is 1. The van der Waals surface area contributed by atoms with Gasteiger partial charge in [-0.3, -0.25) is 4.79 Å². The van der Waals surface area contributed by atoms with Crippen molar-refractivity contribution >= 4 is 18.3 Å². The van der Waals surface area contributed by atoms with Crippen molar-refractivity contribution in [2.45, 2.75) is 18.9 Å². The topological polar surface area (TPSA) is 32.3 Å². The first-order valence-corrected chi connectivity index (χ1v) is 4.53. The van der Waals surface area contributed by atoms with Crippen molar-refractivity contribution < 1.29 is 4.79 Å². The van der Waals surface area contributed by atoms with Crippen LogP contribution in [0.5, 0.6) is 0 Å². The van der Waals surface area contributed by atoms with E-state index in [0.717, 1.165) is 25.9 Å². The lowest BCUT2D eigenvalue weighted by molar-refractivity contribution is -0.134. The number of carbonyl (C=O) groups excluding carboxylic acids is 1. The number of amides is 1. The number of halogens is 1. The summed E-state index contributed by atoms with van der Waals surface area (Å²) in [5.41, 5.74) is 0. The van der Waals surface area contributed by atoms with E-state index in [9.17, 15) is 4.79 Å². The normalized spacial score (nSPS) is 23.4. The molecule has 4 heteroatoms. The largest absolute Gasteiger partial charge is 0.337 e. The summed E-state index contributed by atoms with van der Waals surface area (Å²) in [5, 5.41) is 3.08.